The maximum absolute atomic E-state index is 4.90. The minimum absolute atomic E-state index is 0.0186. The van der Waals surface area contributed by atoms with E-state index < -0.39 is 0 Å². The van der Waals surface area contributed by atoms with Crippen LogP contribution in [0.25, 0.3) is 10.9 Å². The highest BCUT2D eigenvalue weighted by molar-refractivity contribution is 5.93. The summed E-state index contributed by atoms with van der Waals surface area (Å²) in [7, 11) is 4.20. The fourth-order valence-corrected chi connectivity index (χ4v) is 5.45. The summed E-state index contributed by atoms with van der Waals surface area (Å²) < 4.78 is 0. The molecule has 1 saturated carbocycles. The summed E-state index contributed by atoms with van der Waals surface area (Å²) in [5.74, 6) is 1.72. The average Bonchev–Trinajstić information content (AvgIpc) is 2.81. The van der Waals surface area contributed by atoms with Crippen LogP contribution in [0.15, 0.2) is 42.5 Å². The summed E-state index contributed by atoms with van der Waals surface area (Å²) in [5.41, 5.74) is 7.89. The van der Waals surface area contributed by atoms with Gasteiger partial charge in [0, 0.05) is 42.8 Å². The lowest BCUT2D eigenvalue weighted by atomic mass is 9.83. The number of hydrogen-bond acceptors (Lipinski definition) is 4. The number of rotatable bonds is 7. The molecule has 0 amide bonds. The summed E-state index contributed by atoms with van der Waals surface area (Å²) in [6.45, 7) is 12.4. The van der Waals surface area contributed by atoms with E-state index in [-0.39, 0.29) is 5.54 Å². The molecule has 1 heterocycles. The standard InChI is InChI=1S/C30H42N4/c1-20-12-17-26(22(3)21(20)2)30(4,5)31-19-23-13-15-24(16-14-23)32-29-18-28(34(6)7)25-10-8-9-11-27(25)33-29/h8-12,17-18,23-24,31H,13-16,19H2,1-7H3,(H,32,33). The third-order valence-electron chi connectivity index (χ3n) is 7.94. The summed E-state index contributed by atoms with van der Waals surface area (Å²) in [4.78, 5) is 7.08. The van der Waals surface area contributed by atoms with Crippen LogP contribution in [0.5, 0.6) is 0 Å². The van der Waals surface area contributed by atoms with Crippen molar-refractivity contribution in [2.24, 2.45) is 5.92 Å². The number of pyridine rings is 1. The van der Waals surface area contributed by atoms with Gasteiger partial charge in [-0.15, -0.1) is 0 Å². The zero-order valence-corrected chi connectivity index (χ0v) is 22.1. The Hall–Kier alpha value is -2.59. The third kappa shape index (κ3) is 5.22. The molecule has 4 nitrogen and oxygen atoms in total. The van der Waals surface area contributed by atoms with Crippen molar-refractivity contribution in [2.45, 2.75) is 71.9 Å². The molecule has 1 aliphatic rings. The number of para-hydroxylation sites is 1. The predicted molar refractivity (Wildman–Crippen MR) is 147 cm³/mol. The molecule has 2 N–H and O–H groups in total. The first-order valence-corrected chi connectivity index (χ1v) is 12.8. The molecule has 0 atom stereocenters. The van der Waals surface area contributed by atoms with E-state index in [0.29, 0.717) is 6.04 Å². The van der Waals surface area contributed by atoms with Crippen LogP contribution in [0.1, 0.15) is 61.8 Å². The van der Waals surface area contributed by atoms with E-state index in [1.54, 1.807) is 0 Å². The van der Waals surface area contributed by atoms with E-state index in [2.05, 4.69) is 107 Å². The van der Waals surface area contributed by atoms with E-state index in [1.165, 1.54) is 59.0 Å². The van der Waals surface area contributed by atoms with Crippen molar-refractivity contribution in [1.82, 2.24) is 10.3 Å². The van der Waals surface area contributed by atoms with Crippen molar-refractivity contribution in [3.8, 4) is 0 Å². The maximum Gasteiger partial charge on any atom is 0.128 e. The normalized spacial score (nSPS) is 18.8. The van der Waals surface area contributed by atoms with Gasteiger partial charge in [-0.3, -0.25) is 0 Å². The quantitative estimate of drug-likeness (QED) is 0.412. The minimum atomic E-state index is -0.0186. The van der Waals surface area contributed by atoms with Crippen LogP contribution in [-0.4, -0.2) is 31.7 Å². The van der Waals surface area contributed by atoms with Crippen molar-refractivity contribution in [1.29, 1.82) is 0 Å². The number of nitrogens with one attached hydrogen (secondary N) is 2. The fraction of sp³-hybridized carbons (Fsp3) is 0.500. The first-order valence-electron chi connectivity index (χ1n) is 12.8. The van der Waals surface area contributed by atoms with E-state index >= 15 is 0 Å². The Bertz CT molecular complexity index is 1140. The molecule has 0 radical (unpaired) electrons. The van der Waals surface area contributed by atoms with Crippen molar-refractivity contribution >= 4 is 22.4 Å². The van der Waals surface area contributed by atoms with Gasteiger partial charge < -0.3 is 15.5 Å². The van der Waals surface area contributed by atoms with Crippen molar-refractivity contribution in [2.75, 3.05) is 30.9 Å². The fourth-order valence-electron chi connectivity index (χ4n) is 5.45. The third-order valence-corrected chi connectivity index (χ3v) is 7.94. The number of hydrogen-bond donors (Lipinski definition) is 2. The summed E-state index contributed by atoms with van der Waals surface area (Å²) in [6.07, 6.45) is 4.89. The Morgan fingerprint density at radius 3 is 2.35 bits per heavy atom. The van der Waals surface area contributed by atoms with E-state index in [0.717, 1.165) is 23.8 Å². The molecule has 182 valence electrons. The van der Waals surface area contributed by atoms with Gasteiger partial charge in [0.05, 0.1) is 5.52 Å². The molecular formula is C30H42N4. The Kier molecular flexibility index (Phi) is 7.18. The molecule has 0 aliphatic heterocycles. The highest BCUT2D eigenvalue weighted by atomic mass is 15.1. The van der Waals surface area contributed by atoms with Gasteiger partial charge in [-0.05, 0) is 101 Å². The lowest BCUT2D eigenvalue weighted by molar-refractivity contribution is 0.285. The zero-order valence-electron chi connectivity index (χ0n) is 22.1. The van der Waals surface area contributed by atoms with Crippen LogP contribution in [0, 0.1) is 26.7 Å². The molecule has 4 heteroatoms. The Balaban J connectivity index is 1.35. The number of fused-ring (bicyclic) bond motifs is 1. The van der Waals surface area contributed by atoms with Crippen LogP contribution in [0.4, 0.5) is 11.5 Å². The SMILES string of the molecule is Cc1ccc(C(C)(C)NCC2CCC(Nc3cc(N(C)C)c4ccccc4n3)CC2)c(C)c1C. The largest absolute Gasteiger partial charge is 0.377 e. The van der Waals surface area contributed by atoms with Gasteiger partial charge in [0.25, 0.3) is 0 Å². The molecule has 0 unspecified atom stereocenters. The number of aromatic nitrogens is 1. The summed E-state index contributed by atoms with van der Waals surface area (Å²) >= 11 is 0. The zero-order chi connectivity index (χ0) is 24.5. The molecule has 1 aliphatic carbocycles. The van der Waals surface area contributed by atoms with Gasteiger partial charge in [-0.2, -0.15) is 0 Å². The van der Waals surface area contributed by atoms with Crippen LogP contribution < -0.4 is 15.5 Å². The summed E-state index contributed by atoms with van der Waals surface area (Å²) in [5, 5.41) is 8.85. The molecule has 3 aromatic rings. The van der Waals surface area contributed by atoms with Crippen molar-refractivity contribution in [3.05, 3.63) is 64.7 Å². The highest BCUT2D eigenvalue weighted by Crippen LogP contribution is 2.32. The second-order valence-corrected chi connectivity index (χ2v) is 11.0. The Labute approximate surface area is 206 Å². The smallest absolute Gasteiger partial charge is 0.128 e. The number of benzene rings is 2. The first-order chi connectivity index (χ1) is 16.2. The van der Waals surface area contributed by atoms with Crippen LogP contribution >= 0.6 is 0 Å². The van der Waals surface area contributed by atoms with Crippen LogP contribution in [0.2, 0.25) is 0 Å². The van der Waals surface area contributed by atoms with Gasteiger partial charge in [-0.25, -0.2) is 4.98 Å². The van der Waals surface area contributed by atoms with Crippen molar-refractivity contribution < 1.29 is 0 Å². The van der Waals surface area contributed by atoms with E-state index in [4.69, 9.17) is 4.98 Å². The second-order valence-electron chi connectivity index (χ2n) is 11.0. The maximum atomic E-state index is 4.90. The van der Waals surface area contributed by atoms with Gasteiger partial charge in [0.2, 0.25) is 0 Å². The van der Waals surface area contributed by atoms with Crippen LogP contribution in [-0.2, 0) is 5.54 Å². The molecule has 0 spiro atoms. The molecule has 1 fully saturated rings. The number of nitrogens with zero attached hydrogens (tertiary/aromatic N) is 2. The minimum Gasteiger partial charge on any atom is -0.377 e. The van der Waals surface area contributed by atoms with E-state index in [1.807, 2.05) is 0 Å². The monoisotopic (exact) mass is 458 g/mol. The lowest BCUT2D eigenvalue weighted by Crippen LogP contribution is -2.41. The first kappa shape index (κ1) is 24.5. The van der Waals surface area contributed by atoms with E-state index in [9.17, 15) is 0 Å². The molecule has 2 aromatic carbocycles. The molecular weight excluding hydrogens is 416 g/mol. The second kappa shape index (κ2) is 9.95. The number of aryl methyl sites for hydroxylation is 1. The van der Waals surface area contributed by atoms with Crippen molar-refractivity contribution in [3.63, 3.8) is 0 Å². The summed E-state index contributed by atoms with van der Waals surface area (Å²) in [6, 6.07) is 15.7. The van der Waals surface area contributed by atoms with Gasteiger partial charge in [0.15, 0.2) is 0 Å². The topological polar surface area (TPSA) is 40.2 Å². The molecule has 0 bridgehead atoms. The Morgan fingerprint density at radius 2 is 1.65 bits per heavy atom. The highest BCUT2D eigenvalue weighted by Gasteiger charge is 2.27. The van der Waals surface area contributed by atoms with Crippen LogP contribution in [0.3, 0.4) is 0 Å². The molecule has 1 aromatic heterocycles. The molecule has 0 saturated heterocycles. The number of anilines is 2. The molecule has 4 rings (SSSR count). The molecule has 34 heavy (non-hydrogen) atoms. The Morgan fingerprint density at radius 1 is 0.941 bits per heavy atom. The average molecular weight is 459 g/mol. The van der Waals surface area contributed by atoms with Gasteiger partial charge in [0.1, 0.15) is 5.82 Å². The van der Waals surface area contributed by atoms with Gasteiger partial charge >= 0.3 is 0 Å². The van der Waals surface area contributed by atoms with Gasteiger partial charge in [-0.1, -0.05) is 30.3 Å². The predicted octanol–water partition coefficient (Wildman–Crippen LogP) is 6.72. The lowest BCUT2D eigenvalue weighted by Gasteiger charge is -2.34.